The monoisotopic (exact) mass is 334 g/mol. The zero-order chi connectivity index (χ0) is 17.3. The molecule has 3 aromatic carbocycles. The summed E-state index contributed by atoms with van der Waals surface area (Å²) in [5.74, 6) is 2.70. The van der Waals surface area contributed by atoms with Crippen LogP contribution in [0.25, 0.3) is 0 Å². The number of nitrogens with zero attached hydrogens (tertiary/aromatic N) is 4. The number of hydrogen-bond donors (Lipinski definition) is 0. The zero-order valence-corrected chi connectivity index (χ0v) is 14.1. The van der Waals surface area contributed by atoms with Gasteiger partial charge in [0, 0.05) is 16.7 Å². The van der Waals surface area contributed by atoms with Crippen LogP contribution in [-0.4, -0.2) is 22.4 Å². The van der Waals surface area contributed by atoms with Crippen LogP contribution in [0.15, 0.2) is 81.7 Å². The average Bonchev–Trinajstić information content (AvgIpc) is 2.68. The summed E-state index contributed by atoms with van der Waals surface area (Å²) in [6.45, 7) is 2.09. The van der Waals surface area contributed by atoms with Crippen molar-refractivity contribution in [3.8, 4) is 0 Å². The topological polar surface area (TPSA) is 40.3 Å². The molecular formula is C22H14N4. The summed E-state index contributed by atoms with van der Waals surface area (Å²) in [5.41, 5.74) is 7.17. The molecule has 0 N–H and O–H groups in total. The Balaban J connectivity index is 1.77. The molecule has 0 amide bonds. The van der Waals surface area contributed by atoms with E-state index in [1.807, 2.05) is 36.4 Å². The molecule has 4 heteroatoms. The van der Waals surface area contributed by atoms with E-state index in [1.165, 1.54) is 5.56 Å². The molecule has 0 radical (unpaired) electrons. The number of aryl methyl sites for hydroxylation is 1. The standard InChI is InChI=1S/C22H14N4/c1-13-10-11-19-16(12-13)22-24-18-9-5-3-7-15(18)20-23-17-8-4-2-6-14(17)21(25-19)26(20)22/h2-12H,1H3. The third-order valence-corrected chi connectivity index (χ3v) is 5.00. The van der Waals surface area contributed by atoms with Crippen LogP contribution in [0.4, 0.5) is 17.1 Å². The molecule has 0 saturated heterocycles. The van der Waals surface area contributed by atoms with Crippen molar-refractivity contribution < 1.29 is 0 Å². The second-order valence-electron chi connectivity index (χ2n) is 6.70. The number of benzene rings is 3. The third-order valence-electron chi connectivity index (χ3n) is 5.00. The fourth-order valence-corrected chi connectivity index (χ4v) is 3.78. The van der Waals surface area contributed by atoms with Crippen LogP contribution >= 0.6 is 0 Å². The van der Waals surface area contributed by atoms with E-state index in [0.29, 0.717) is 0 Å². The molecule has 3 aliphatic heterocycles. The molecule has 0 bridgehead atoms. The number of para-hydroxylation sites is 2. The quantitative estimate of drug-likeness (QED) is 0.578. The Kier molecular flexibility index (Phi) is 2.51. The number of aliphatic imine (C=N–C) groups is 3. The first-order chi connectivity index (χ1) is 12.8. The largest absolute Gasteiger partial charge is 0.261 e. The highest BCUT2D eigenvalue weighted by molar-refractivity contribution is 6.36. The van der Waals surface area contributed by atoms with Crippen molar-refractivity contribution in [3.63, 3.8) is 0 Å². The van der Waals surface area contributed by atoms with Gasteiger partial charge in [0.2, 0.25) is 0 Å². The Labute approximate surface area is 150 Å². The van der Waals surface area contributed by atoms with Crippen molar-refractivity contribution in [2.75, 3.05) is 0 Å². The maximum Gasteiger partial charge on any atom is 0.150 e. The first-order valence-electron chi connectivity index (χ1n) is 8.66. The van der Waals surface area contributed by atoms with Gasteiger partial charge < -0.3 is 0 Å². The first kappa shape index (κ1) is 13.7. The molecule has 122 valence electrons. The molecule has 0 atom stereocenters. The Morgan fingerprint density at radius 2 is 1.08 bits per heavy atom. The smallest absolute Gasteiger partial charge is 0.150 e. The summed E-state index contributed by atoms with van der Waals surface area (Å²) >= 11 is 0. The number of amidine groups is 3. The molecule has 4 nitrogen and oxygen atoms in total. The van der Waals surface area contributed by atoms with Crippen molar-refractivity contribution in [2.24, 2.45) is 15.0 Å². The third kappa shape index (κ3) is 1.70. The van der Waals surface area contributed by atoms with Crippen LogP contribution in [0.2, 0.25) is 0 Å². The summed E-state index contributed by atoms with van der Waals surface area (Å²) in [4.78, 5) is 17.0. The lowest BCUT2D eigenvalue weighted by molar-refractivity contribution is 0.863. The van der Waals surface area contributed by atoms with Crippen LogP contribution in [0.5, 0.6) is 0 Å². The highest BCUT2D eigenvalue weighted by Gasteiger charge is 2.38. The number of rotatable bonds is 0. The van der Waals surface area contributed by atoms with Crippen LogP contribution in [0, 0.1) is 6.92 Å². The van der Waals surface area contributed by atoms with Gasteiger partial charge in [-0.1, -0.05) is 35.9 Å². The van der Waals surface area contributed by atoms with Crippen LogP contribution < -0.4 is 0 Å². The highest BCUT2D eigenvalue weighted by Crippen LogP contribution is 2.40. The van der Waals surface area contributed by atoms with E-state index in [-0.39, 0.29) is 0 Å². The van der Waals surface area contributed by atoms with Crippen LogP contribution in [0.1, 0.15) is 22.3 Å². The number of fused-ring (bicyclic) bond motifs is 6. The minimum Gasteiger partial charge on any atom is -0.261 e. The summed E-state index contributed by atoms with van der Waals surface area (Å²) in [6.07, 6.45) is 0. The van der Waals surface area contributed by atoms with E-state index < -0.39 is 0 Å². The second kappa shape index (κ2) is 4.76. The molecule has 3 aliphatic rings. The SMILES string of the molecule is Cc1ccc2c(c1)C1=Nc3ccccc3C3=Nc4ccccc4C(=N2)N31. The molecule has 0 unspecified atom stereocenters. The molecule has 0 aromatic heterocycles. The molecule has 0 fully saturated rings. The van der Waals surface area contributed by atoms with Gasteiger partial charge in [0.05, 0.1) is 17.1 Å². The Morgan fingerprint density at radius 1 is 0.577 bits per heavy atom. The lowest BCUT2D eigenvalue weighted by Crippen LogP contribution is -2.48. The highest BCUT2D eigenvalue weighted by atomic mass is 15.3. The van der Waals surface area contributed by atoms with Gasteiger partial charge in [0.25, 0.3) is 0 Å². The maximum atomic E-state index is 4.99. The molecule has 0 saturated carbocycles. The minimum atomic E-state index is 0.898. The van der Waals surface area contributed by atoms with Gasteiger partial charge in [-0.2, -0.15) is 0 Å². The molecule has 3 heterocycles. The average molecular weight is 334 g/mol. The fourth-order valence-electron chi connectivity index (χ4n) is 3.78. The van der Waals surface area contributed by atoms with Gasteiger partial charge in [-0.05, 0) is 43.3 Å². The van der Waals surface area contributed by atoms with Crippen molar-refractivity contribution in [2.45, 2.75) is 6.92 Å². The predicted molar refractivity (Wildman–Crippen MR) is 104 cm³/mol. The number of hydrogen-bond acceptors (Lipinski definition) is 4. The normalized spacial score (nSPS) is 15.7. The predicted octanol–water partition coefficient (Wildman–Crippen LogP) is 4.87. The zero-order valence-electron chi connectivity index (χ0n) is 14.1. The molecule has 26 heavy (non-hydrogen) atoms. The molecule has 0 spiro atoms. The summed E-state index contributed by atoms with van der Waals surface area (Å²) in [5, 5.41) is 0. The Hall–Kier alpha value is -3.53. The van der Waals surface area contributed by atoms with Gasteiger partial charge in [-0.25, -0.2) is 15.0 Å². The van der Waals surface area contributed by atoms with Crippen LogP contribution in [0.3, 0.4) is 0 Å². The van der Waals surface area contributed by atoms with Gasteiger partial charge in [0.15, 0.2) is 0 Å². The minimum absolute atomic E-state index is 0.898. The van der Waals surface area contributed by atoms with E-state index in [0.717, 1.165) is 51.3 Å². The maximum absolute atomic E-state index is 4.99. The summed E-state index contributed by atoms with van der Waals surface area (Å²) in [7, 11) is 0. The molecular weight excluding hydrogens is 320 g/mol. The summed E-state index contributed by atoms with van der Waals surface area (Å²) in [6, 6.07) is 22.7. The van der Waals surface area contributed by atoms with Crippen LogP contribution in [-0.2, 0) is 0 Å². The molecule has 6 rings (SSSR count). The van der Waals surface area contributed by atoms with Gasteiger partial charge >= 0.3 is 0 Å². The second-order valence-corrected chi connectivity index (χ2v) is 6.70. The van der Waals surface area contributed by atoms with Crippen molar-refractivity contribution in [1.29, 1.82) is 0 Å². The van der Waals surface area contributed by atoms with E-state index in [9.17, 15) is 0 Å². The van der Waals surface area contributed by atoms with E-state index >= 15 is 0 Å². The van der Waals surface area contributed by atoms with Gasteiger partial charge in [-0.15, -0.1) is 0 Å². The lowest BCUT2D eigenvalue weighted by Gasteiger charge is -2.38. The summed E-state index contributed by atoms with van der Waals surface area (Å²) < 4.78 is 0. The first-order valence-corrected chi connectivity index (χ1v) is 8.66. The van der Waals surface area contributed by atoms with Crippen molar-refractivity contribution in [3.05, 3.63) is 89.0 Å². The Morgan fingerprint density at radius 3 is 1.69 bits per heavy atom. The van der Waals surface area contributed by atoms with E-state index in [1.54, 1.807) is 0 Å². The lowest BCUT2D eigenvalue weighted by atomic mass is 9.97. The fraction of sp³-hybridized carbons (Fsp3) is 0.0455. The van der Waals surface area contributed by atoms with Gasteiger partial charge in [0.1, 0.15) is 17.5 Å². The van der Waals surface area contributed by atoms with Crippen molar-refractivity contribution >= 4 is 34.6 Å². The van der Waals surface area contributed by atoms with E-state index in [4.69, 9.17) is 15.0 Å². The van der Waals surface area contributed by atoms with Gasteiger partial charge in [-0.3, -0.25) is 4.90 Å². The molecule has 3 aromatic rings. The van der Waals surface area contributed by atoms with Crippen molar-refractivity contribution in [1.82, 2.24) is 4.90 Å². The molecule has 0 aliphatic carbocycles. The Bertz CT molecular complexity index is 1190. The van der Waals surface area contributed by atoms with E-state index in [2.05, 4.69) is 42.2 Å².